The lowest BCUT2D eigenvalue weighted by Gasteiger charge is -1.89. The number of fused-ring (bicyclic) bond motifs is 1. The Balaban J connectivity index is 2.93. The third-order valence-electron chi connectivity index (χ3n) is 1.22. The number of nitrogens with zero attached hydrogens (tertiary/aromatic N) is 4. The summed E-state index contributed by atoms with van der Waals surface area (Å²) in [4.78, 5) is 0.521. The minimum Gasteiger partial charge on any atom is -0.690 e. The van der Waals surface area contributed by atoms with Crippen LogP contribution in [0.2, 0.25) is 0 Å². The molecule has 0 N–H and O–H groups in total. The average molecular weight is 136 g/mol. The standard InChI is InChI=1S/C5H4N4O/c10-9-5-2-1-3-6-8(5)4-7-9/h1-4H. The second kappa shape index (κ2) is 1.66. The van der Waals surface area contributed by atoms with Gasteiger partial charge in [-0.1, -0.05) is 9.61 Å². The molecule has 50 valence electrons. The Bertz CT molecular complexity index is 355. The Morgan fingerprint density at radius 2 is 2.50 bits per heavy atom. The normalized spacial score (nSPS) is 10.4. The van der Waals surface area contributed by atoms with E-state index in [9.17, 15) is 5.21 Å². The minimum atomic E-state index is 0.433. The van der Waals surface area contributed by atoms with Crippen LogP contribution < -0.4 is 4.85 Å². The maximum absolute atomic E-state index is 10.7. The van der Waals surface area contributed by atoms with Crippen LogP contribution >= 0.6 is 0 Å². The zero-order valence-electron chi connectivity index (χ0n) is 5.01. The van der Waals surface area contributed by atoms with E-state index in [1.165, 1.54) is 10.8 Å². The van der Waals surface area contributed by atoms with E-state index >= 15 is 0 Å². The molecule has 2 rings (SSSR count). The zero-order valence-corrected chi connectivity index (χ0v) is 5.01. The quantitative estimate of drug-likeness (QED) is 0.357. The van der Waals surface area contributed by atoms with Crippen molar-refractivity contribution in [3.63, 3.8) is 0 Å². The van der Waals surface area contributed by atoms with Crippen molar-refractivity contribution < 1.29 is 4.85 Å². The highest BCUT2D eigenvalue weighted by molar-refractivity contribution is 5.26. The largest absolute Gasteiger partial charge is 0.690 e. The summed E-state index contributed by atoms with van der Waals surface area (Å²) in [7, 11) is 0. The lowest BCUT2D eigenvalue weighted by Crippen LogP contribution is -2.28. The Morgan fingerprint density at radius 3 is 3.30 bits per heavy atom. The molecule has 0 fully saturated rings. The van der Waals surface area contributed by atoms with E-state index in [2.05, 4.69) is 10.2 Å². The van der Waals surface area contributed by atoms with Crippen molar-refractivity contribution in [3.8, 4) is 0 Å². The van der Waals surface area contributed by atoms with Gasteiger partial charge in [-0.25, -0.2) is 0 Å². The van der Waals surface area contributed by atoms with E-state index in [0.717, 1.165) is 0 Å². The van der Waals surface area contributed by atoms with E-state index in [0.29, 0.717) is 10.5 Å². The van der Waals surface area contributed by atoms with Gasteiger partial charge in [-0.3, -0.25) is 0 Å². The molecule has 0 radical (unpaired) electrons. The molecule has 5 heteroatoms. The number of rotatable bonds is 0. The van der Waals surface area contributed by atoms with E-state index in [-0.39, 0.29) is 0 Å². The molecule has 0 aliphatic heterocycles. The predicted molar refractivity (Wildman–Crippen MR) is 31.9 cm³/mol. The van der Waals surface area contributed by atoms with Gasteiger partial charge in [-0.15, -0.1) is 4.85 Å². The third-order valence-corrected chi connectivity index (χ3v) is 1.22. The molecule has 0 aliphatic rings. The molecule has 0 atom stereocenters. The molecular weight excluding hydrogens is 132 g/mol. The fraction of sp³-hybridized carbons (Fsp3) is 0. The van der Waals surface area contributed by atoms with Gasteiger partial charge in [-0.2, -0.15) is 0 Å². The second-order valence-corrected chi connectivity index (χ2v) is 1.83. The topological polar surface area (TPSA) is 57.1 Å². The summed E-state index contributed by atoms with van der Waals surface area (Å²) >= 11 is 0. The first-order valence-electron chi connectivity index (χ1n) is 2.76. The lowest BCUT2D eigenvalue weighted by atomic mass is 10.6. The molecule has 0 amide bonds. The molecule has 0 saturated carbocycles. The molecule has 2 heterocycles. The third kappa shape index (κ3) is 0.540. The van der Waals surface area contributed by atoms with Crippen LogP contribution in [-0.2, 0) is 0 Å². The van der Waals surface area contributed by atoms with Gasteiger partial charge in [0.25, 0.3) is 6.33 Å². The average Bonchev–Trinajstić information content (AvgIpc) is 2.34. The van der Waals surface area contributed by atoms with Crippen LogP contribution in [0.25, 0.3) is 5.65 Å². The van der Waals surface area contributed by atoms with Crippen LogP contribution in [-0.4, -0.2) is 14.7 Å². The molecule has 0 spiro atoms. The van der Waals surface area contributed by atoms with Gasteiger partial charge < -0.3 is 5.21 Å². The predicted octanol–water partition coefficient (Wildman–Crippen LogP) is -0.637. The molecule has 2 aromatic heterocycles. The summed E-state index contributed by atoms with van der Waals surface area (Å²) in [6, 6.07) is 3.33. The summed E-state index contributed by atoms with van der Waals surface area (Å²) in [6.45, 7) is 0. The van der Waals surface area contributed by atoms with Crippen molar-refractivity contribution in [2.75, 3.05) is 0 Å². The van der Waals surface area contributed by atoms with Crippen LogP contribution in [0.5, 0.6) is 0 Å². The molecule has 0 aliphatic carbocycles. The Hall–Kier alpha value is -1.65. The van der Waals surface area contributed by atoms with Crippen molar-refractivity contribution >= 4 is 5.65 Å². The van der Waals surface area contributed by atoms with Gasteiger partial charge in [0.1, 0.15) is 0 Å². The molecule has 0 unspecified atom stereocenters. The molecule has 0 saturated heterocycles. The first kappa shape index (κ1) is 5.16. The number of hydrogen-bond acceptors (Lipinski definition) is 3. The van der Waals surface area contributed by atoms with Gasteiger partial charge in [0.05, 0.1) is 6.20 Å². The molecular formula is C5H4N4O. The van der Waals surface area contributed by atoms with Crippen molar-refractivity contribution in [1.29, 1.82) is 0 Å². The fourth-order valence-electron chi connectivity index (χ4n) is 0.770. The van der Waals surface area contributed by atoms with Crippen LogP contribution in [0, 0.1) is 5.21 Å². The van der Waals surface area contributed by atoms with E-state index in [4.69, 9.17) is 0 Å². The zero-order chi connectivity index (χ0) is 6.97. The summed E-state index contributed by atoms with van der Waals surface area (Å²) in [5, 5.41) is 18.0. The van der Waals surface area contributed by atoms with Crippen LogP contribution in [0.15, 0.2) is 24.7 Å². The van der Waals surface area contributed by atoms with Gasteiger partial charge in [0.15, 0.2) is 0 Å². The molecule has 0 aromatic carbocycles. The van der Waals surface area contributed by atoms with E-state index in [1.54, 1.807) is 18.3 Å². The molecule has 0 bridgehead atoms. The number of aromatic nitrogens is 4. The Kier molecular flexibility index (Phi) is 0.858. The SMILES string of the molecule is [O-][n+]1ncn2ncccc21. The molecule has 2 aromatic rings. The highest BCUT2D eigenvalue weighted by Crippen LogP contribution is 1.88. The van der Waals surface area contributed by atoms with E-state index in [1.807, 2.05) is 0 Å². The smallest absolute Gasteiger partial charge is 0.332 e. The Labute approximate surface area is 56.1 Å². The van der Waals surface area contributed by atoms with E-state index < -0.39 is 0 Å². The van der Waals surface area contributed by atoms with Crippen LogP contribution in [0.4, 0.5) is 0 Å². The molecule has 10 heavy (non-hydrogen) atoms. The highest BCUT2D eigenvalue weighted by atomic mass is 16.5. The molecule has 5 nitrogen and oxygen atoms in total. The van der Waals surface area contributed by atoms with Crippen molar-refractivity contribution in [3.05, 3.63) is 29.9 Å². The van der Waals surface area contributed by atoms with Crippen molar-refractivity contribution in [1.82, 2.24) is 14.7 Å². The fourth-order valence-corrected chi connectivity index (χ4v) is 0.770. The highest BCUT2D eigenvalue weighted by Gasteiger charge is 2.02. The second-order valence-electron chi connectivity index (χ2n) is 1.83. The monoisotopic (exact) mass is 136 g/mol. The van der Waals surface area contributed by atoms with Gasteiger partial charge in [-0.05, 0) is 11.2 Å². The maximum Gasteiger partial charge on any atom is 0.332 e. The van der Waals surface area contributed by atoms with Crippen molar-refractivity contribution in [2.24, 2.45) is 0 Å². The minimum absolute atomic E-state index is 0.433. The summed E-state index contributed by atoms with van der Waals surface area (Å²) in [5.41, 5.74) is 0.433. The van der Waals surface area contributed by atoms with Gasteiger partial charge >= 0.3 is 5.65 Å². The van der Waals surface area contributed by atoms with Crippen LogP contribution in [0.1, 0.15) is 0 Å². The summed E-state index contributed by atoms with van der Waals surface area (Å²) < 4.78 is 1.41. The summed E-state index contributed by atoms with van der Waals surface area (Å²) in [6.07, 6.45) is 2.96. The lowest BCUT2D eigenvalue weighted by molar-refractivity contribution is -0.640. The van der Waals surface area contributed by atoms with Gasteiger partial charge in [0.2, 0.25) is 0 Å². The first-order chi connectivity index (χ1) is 4.88. The van der Waals surface area contributed by atoms with Gasteiger partial charge in [0, 0.05) is 6.07 Å². The summed E-state index contributed by atoms with van der Waals surface area (Å²) in [5.74, 6) is 0. The maximum atomic E-state index is 10.7. The first-order valence-corrected chi connectivity index (χ1v) is 2.76. The number of hydrogen-bond donors (Lipinski definition) is 0. The van der Waals surface area contributed by atoms with Crippen LogP contribution in [0.3, 0.4) is 0 Å². The Morgan fingerprint density at radius 1 is 1.60 bits per heavy atom. The van der Waals surface area contributed by atoms with Crippen molar-refractivity contribution in [2.45, 2.75) is 0 Å².